The van der Waals surface area contributed by atoms with Crippen molar-refractivity contribution in [3.63, 3.8) is 0 Å². The van der Waals surface area contributed by atoms with E-state index >= 15 is 0 Å². The van der Waals surface area contributed by atoms with Crippen molar-refractivity contribution in [1.29, 1.82) is 0 Å². The quantitative estimate of drug-likeness (QED) is 0.858. The molecule has 2 rings (SSSR count). The van der Waals surface area contributed by atoms with Gasteiger partial charge in [0.1, 0.15) is 0 Å². The number of aliphatic carboxylic acids is 1. The Bertz CT molecular complexity index is 531. The lowest BCUT2D eigenvalue weighted by molar-refractivity contribution is -0.141. The Morgan fingerprint density at radius 1 is 1.56 bits per heavy atom. The van der Waals surface area contributed by atoms with Gasteiger partial charge in [-0.05, 0) is 12.5 Å². The molecule has 0 fully saturated rings. The third kappa shape index (κ3) is 1.91. The largest absolute Gasteiger partial charge is 0.481 e. The van der Waals surface area contributed by atoms with Crippen molar-refractivity contribution in [2.24, 2.45) is 5.92 Å². The molecule has 0 radical (unpaired) electrons. The van der Waals surface area contributed by atoms with Gasteiger partial charge in [0.25, 0.3) is 0 Å². The molecule has 16 heavy (non-hydrogen) atoms. The van der Waals surface area contributed by atoms with Gasteiger partial charge in [-0.25, -0.2) is 0 Å². The van der Waals surface area contributed by atoms with E-state index in [-0.39, 0.29) is 0 Å². The molecule has 4 heteroatoms. The molecule has 0 aliphatic carbocycles. The summed E-state index contributed by atoms with van der Waals surface area (Å²) in [5.41, 5.74) is 2.05. The first-order valence-corrected chi connectivity index (χ1v) is 5.23. The highest BCUT2D eigenvalue weighted by atomic mass is 16.4. The first kappa shape index (κ1) is 10.7. The Labute approximate surface area is 93.5 Å². The summed E-state index contributed by atoms with van der Waals surface area (Å²) in [5.74, 6) is -1.22. The van der Waals surface area contributed by atoms with Crippen LogP contribution in [0.5, 0.6) is 0 Å². The molecular formula is C12H14N2O2. The van der Waals surface area contributed by atoms with Gasteiger partial charge in [-0.1, -0.05) is 25.1 Å². The Hall–Kier alpha value is -1.84. The van der Waals surface area contributed by atoms with Crippen LogP contribution in [0.4, 0.5) is 0 Å². The van der Waals surface area contributed by atoms with E-state index in [9.17, 15) is 4.79 Å². The van der Waals surface area contributed by atoms with Crippen LogP contribution in [0, 0.1) is 12.8 Å². The maximum absolute atomic E-state index is 10.7. The summed E-state index contributed by atoms with van der Waals surface area (Å²) in [6.45, 7) is 4.09. The highest BCUT2D eigenvalue weighted by molar-refractivity contribution is 5.81. The van der Waals surface area contributed by atoms with E-state index in [4.69, 9.17) is 5.11 Å². The van der Waals surface area contributed by atoms with Crippen molar-refractivity contribution >= 4 is 16.9 Å². The number of aryl methyl sites for hydroxylation is 1. The molecule has 4 nitrogen and oxygen atoms in total. The Balaban J connectivity index is 2.33. The third-order valence-corrected chi connectivity index (χ3v) is 2.67. The van der Waals surface area contributed by atoms with Gasteiger partial charge in [0.05, 0.1) is 18.0 Å². The molecule has 0 aliphatic rings. The predicted molar refractivity (Wildman–Crippen MR) is 61.3 cm³/mol. The summed E-state index contributed by atoms with van der Waals surface area (Å²) >= 11 is 0. The molecule has 1 unspecified atom stereocenters. The summed E-state index contributed by atoms with van der Waals surface area (Å²) in [6, 6.07) is 5.96. The van der Waals surface area contributed by atoms with Gasteiger partial charge in [0.2, 0.25) is 0 Å². The zero-order valence-corrected chi connectivity index (χ0v) is 9.34. The Morgan fingerprint density at radius 3 is 2.94 bits per heavy atom. The molecule has 1 heterocycles. The van der Waals surface area contributed by atoms with Crippen molar-refractivity contribution in [3.05, 3.63) is 30.0 Å². The molecule has 0 amide bonds. The second-order valence-corrected chi connectivity index (χ2v) is 4.10. The summed E-state index contributed by atoms with van der Waals surface area (Å²) in [6.07, 6.45) is 1.89. The fourth-order valence-corrected chi connectivity index (χ4v) is 1.69. The summed E-state index contributed by atoms with van der Waals surface area (Å²) in [7, 11) is 0. The second-order valence-electron chi connectivity index (χ2n) is 4.10. The maximum Gasteiger partial charge on any atom is 0.308 e. The minimum Gasteiger partial charge on any atom is -0.481 e. The number of carboxylic acids is 1. The summed E-state index contributed by atoms with van der Waals surface area (Å²) in [5, 5.41) is 14.3. The smallest absolute Gasteiger partial charge is 0.308 e. The zero-order chi connectivity index (χ0) is 11.7. The van der Waals surface area contributed by atoms with Crippen molar-refractivity contribution in [3.8, 4) is 0 Å². The normalized spacial score (nSPS) is 12.9. The average Bonchev–Trinajstić information content (AvgIpc) is 2.61. The zero-order valence-electron chi connectivity index (χ0n) is 9.34. The number of rotatable bonds is 3. The topological polar surface area (TPSA) is 55.1 Å². The molecule has 0 spiro atoms. The van der Waals surface area contributed by atoms with Gasteiger partial charge in [-0.2, -0.15) is 5.10 Å². The minimum absolute atomic E-state index is 0.406. The fourth-order valence-electron chi connectivity index (χ4n) is 1.69. The molecule has 0 saturated heterocycles. The molecule has 0 aliphatic heterocycles. The van der Waals surface area contributed by atoms with Crippen molar-refractivity contribution in [2.45, 2.75) is 20.4 Å². The summed E-state index contributed by atoms with van der Waals surface area (Å²) < 4.78 is 1.70. The number of hydrogen-bond acceptors (Lipinski definition) is 2. The van der Waals surface area contributed by atoms with Crippen LogP contribution in [0.3, 0.4) is 0 Å². The molecule has 84 valence electrons. The number of carbonyl (C=O) groups is 1. The molecule has 1 aromatic heterocycles. The second kappa shape index (κ2) is 3.96. The predicted octanol–water partition coefficient (Wildman–Crippen LogP) is 2.07. The van der Waals surface area contributed by atoms with Crippen LogP contribution in [0.25, 0.3) is 10.9 Å². The number of hydrogen-bond donors (Lipinski definition) is 1. The molecule has 1 aromatic carbocycles. The van der Waals surface area contributed by atoms with Crippen molar-refractivity contribution in [1.82, 2.24) is 9.78 Å². The van der Waals surface area contributed by atoms with Gasteiger partial charge in [-0.15, -0.1) is 0 Å². The first-order chi connectivity index (χ1) is 7.58. The van der Waals surface area contributed by atoms with E-state index in [1.54, 1.807) is 11.6 Å². The van der Waals surface area contributed by atoms with Crippen LogP contribution < -0.4 is 0 Å². The Morgan fingerprint density at radius 2 is 2.31 bits per heavy atom. The van der Waals surface area contributed by atoms with Crippen LogP contribution in [-0.2, 0) is 11.3 Å². The van der Waals surface area contributed by atoms with Gasteiger partial charge in [-0.3, -0.25) is 9.48 Å². The van der Waals surface area contributed by atoms with Gasteiger partial charge in [0, 0.05) is 11.6 Å². The number of aromatic nitrogens is 2. The van der Waals surface area contributed by atoms with E-state index < -0.39 is 11.9 Å². The molecule has 1 N–H and O–H groups in total. The molecule has 0 saturated carbocycles. The highest BCUT2D eigenvalue weighted by Crippen LogP contribution is 2.16. The van der Waals surface area contributed by atoms with E-state index in [0.717, 1.165) is 16.5 Å². The lowest BCUT2D eigenvalue weighted by Gasteiger charge is -2.04. The number of fused-ring (bicyclic) bond motifs is 1. The van der Waals surface area contributed by atoms with Crippen molar-refractivity contribution in [2.75, 3.05) is 0 Å². The fraction of sp³-hybridized carbons (Fsp3) is 0.333. The molecule has 2 aromatic rings. The SMILES string of the molecule is Cc1cccc2cn(CC(C)C(=O)O)nc12. The highest BCUT2D eigenvalue weighted by Gasteiger charge is 2.12. The van der Waals surface area contributed by atoms with Crippen LogP contribution >= 0.6 is 0 Å². The van der Waals surface area contributed by atoms with Crippen LogP contribution in [-0.4, -0.2) is 20.9 Å². The van der Waals surface area contributed by atoms with Crippen molar-refractivity contribution < 1.29 is 9.90 Å². The van der Waals surface area contributed by atoms with Crippen LogP contribution in [0.2, 0.25) is 0 Å². The van der Waals surface area contributed by atoms with E-state index in [2.05, 4.69) is 5.10 Å². The maximum atomic E-state index is 10.7. The standard InChI is InChI=1S/C12H14N2O2/c1-8-4-3-5-10-7-14(13-11(8)10)6-9(2)12(15)16/h3-5,7,9H,6H2,1-2H3,(H,15,16). The molecular weight excluding hydrogens is 204 g/mol. The lowest BCUT2D eigenvalue weighted by atomic mass is 10.2. The lowest BCUT2D eigenvalue weighted by Crippen LogP contribution is -2.16. The molecule has 1 atom stereocenters. The minimum atomic E-state index is -0.795. The monoisotopic (exact) mass is 218 g/mol. The number of nitrogens with zero attached hydrogens (tertiary/aromatic N) is 2. The van der Waals surface area contributed by atoms with Crippen LogP contribution in [0.15, 0.2) is 24.4 Å². The van der Waals surface area contributed by atoms with Gasteiger partial charge in [0.15, 0.2) is 0 Å². The van der Waals surface area contributed by atoms with Gasteiger partial charge >= 0.3 is 5.97 Å². The van der Waals surface area contributed by atoms with E-state index in [1.165, 1.54) is 0 Å². The van der Waals surface area contributed by atoms with E-state index in [1.807, 2.05) is 31.3 Å². The number of carboxylic acid groups (broad SMARTS) is 1. The van der Waals surface area contributed by atoms with E-state index in [0.29, 0.717) is 6.54 Å². The molecule has 0 bridgehead atoms. The third-order valence-electron chi connectivity index (χ3n) is 2.67. The van der Waals surface area contributed by atoms with Gasteiger partial charge < -0.3 is 5.11 Å². The average molecular weight is 218 g/mol. The van der Waals surface area contributed by atoms with Crippen LogP contribution in [0.1, 0.15) is 12.5 Å². The number of benzene rings is 1. The summed E-state index contributed by atoms with van der Waals surface area (Å²) in [4.78, 5) is 10.7. The first-order valence-electron chi connectivity index (χ1n) is 5.23. The Kier molecular flexibility index (Phi) is 2.64.